The summed E-state index contributed by atoms with van der Waals surface area (Å²) in [7, 11) is -4.66. The molecular formula is C11H12F3NO4S. The van der Waals surface area contributed by atoms with Crippen LogP contribution < -0.4 is 4.72 Å². The van der Waals surface area contributed by atoms with Gasteiger partial charge >= 0.3 is 5.97 Å². The molecule has 0 aliphatic rings. The van der Waals surface area contributed by atoms with E-state index < -0.39 is 43.9 Å². The molecule has 1 atom stereocenters. The van der Waals surface area contributed by atoms with Gasteiger partial charge in [-0.25, -0.2) is 21.6 Å². The molecular weight excluding hydrogens is 299 g/mol. The van der Waals surface area contributed by atoms with E-state index in [1.54, 1.807) is 4.72 Å². The SMILES string of the molecule is CCC(C)(NS(=O)(=O)c1ccc(F)c(F)c1F)C(=O)O. The molecule has 1 unspecified atom stereocenters. The lowest BCUT2D eigenvalue weighted by molar-refractivity contribution is -0.143. The predicted molar refractivity (Wildman–Crippen MR) is 63.0 cm³/mol. The van der Waals surface area contributed by atoms with Gasteiger partial charge in [0.25, 0.3) is 0 Å². The quantitative estimate of drug-likeness (QED) is 0.810. The van der Waals surface area contributed by atoms with Crippen molar-refractivity contribution >= 4 is 16.0 Å². The highest BCUT2D eigenvalue weighted by molar-refractivity contribution is 7.89. The van der Waals surface area contributed by atoms with E-state index in [0.717, 1.165) is 6.92 Å². The van der Waals surface area contributed by atoms with Gasteiger partial charge in [-0.1, -0.05) is 6.92 Å². The Morgan fingerprint density at radius 1 is 1.30 bits per heavy atom. The van der Waals surface area contributed by atoms with Gasteiger partial charge in [0.15, 0.2) is 17.5 Å². The van der Waals surface area contributed by atoms with Crippen LogP contribution in [0.25, 0.3) is 0 Å². The molecule has 0 heterocycles. The minimum Gasteiger partial charge on any atom is -0.480 e. The monoisotopic (exact) mass is 311 g/mol. The van der Waals surface area contributed by atoms with Crippen molar-refractivity contribution in [1.82, 2.24) is 4.72 Å². The fraction of sp³-hybridized carbons (Fsp3) is 0.364. The smallest absolute Gasteiger partial charge is 0.324 e. The predicted octanol–water partition coefficient (Wildman–Crippen LogP) is 1.64. The van der Waals surface area contributed by atoms with Crippen LogP contribution in [0.4, 0.5) is 13.2 Å². The van der Waals surface area contributed by atoms with Crippen molar-refractivity contribution < 1.29 is 31.5 Å². The lowest BCUT2D eigenvalue weighted by Gasteiger charge is -2.24. The first-order chi connectivity index (χ1) is 9.05. The molecule has 0 saturated carbocycles. The number of benzene rings is 1. The lowest BCUT2D eigenvalue weighted by Crippen LogP contribution is -2.51. The van der Waals surface area contributed by atoms with Crippen LogP contribution in [0.2, 0.25) is 0 Å². The molecule has 0 fully saturated rings. The number of hydrogen-bond acceptors (Lipinski definition) is 3. The molecule has 5 nitrogen and oxygen atoms in total. The average molecular weight is 311 g/mol. The van der Waals surface area contributed by atoms with E-state index in [1.807, 2.05) is 0 Å². The van der Waals surface area contributed by atoms with Crippen LogP contribution in [0.5, 0.6) is 0 Å². The van der Waals surface area contributed by atoms with Crippen LogP contribution >= 0.6 is 0 Å². The van der Waals surface area contributed by atoms with Gasteiger partial charge < -0.3 is 5.11 Å². The molecule has 0 aliphatic heterocycles. The van der Waals surface area contributed by atoms with E-state index in [4.69, 9.17) is 5.11 Å². The summed E-state index contributed by atoms with van der Waals surface area (Å²) in [5.74, 6) is -6.87. The Hall–Kier alpha value is -1.61. The Morgan fingerprint density at radius 3 is 2.30 bits per heavy atom. The largest absolute Gasteiger partial charge is 0.480 e. The molecule has 9 heteroatoms. The molecule has 1 aromatic rings. The topological polar surface area (TPSA) is 83.5 Å². The van der Waals surface area contributed by atoms with Crippen LogP contribution in [0.3, 0.4) is 0 Å². The Labute approximate surface area is 113 Å². The van der Waals surface area contributed by atoms with Gasteiger partial charge in [0.1, 0.15) is 10.4 Å². The first-order valence-electron chi connectivity index (χ1n) is 5.46. The third kappa shape index (κ3) is 2.93. The number of carbonyl (C=O) groups is 1. The minimum absolute atomic E-state index is 0.132. The van der Waals surface area contributed by atoms with E-state index in [-0.39, 0.29) is 6.42 Å². The number of carboxylic acids is 1. The van der Waals surface area contributed by atoms with Crippen LogP contribution in [0.15, 0.2) is 17.0 Å². The first-order valence-corrected chi connectivity index (χ1v) is 6.94. The number of hydrogen-bond donors (Lipinski definition) is 2. The maximum Gasteiger partial charge on any atom is 0.324 e. The zero-order valence-corrected chi connectivity index (χ0v) is 11.4. The number of aliphatic carboxylic acids is 1. The van der Waals surface area contributed by atoms with Crippen molar-refractivity contribution in [2.24, 2.45) is 0 Å². The maximum absolute atomic E-state index is 13.5. The van der Waals surface area contributed by atoms with Crippen LogP contribution in [0.1, 0.15) is 20.3 Å². The summed E-state index contributed by atoms with van der Waals surface area (Å²) < 4.78 is 64.8. The number of rotatable bonds is 5. The van der Waals surface area contributed by atoms with Gasteiger partial charge in [0, 0.05) is 0 Å². The molecule has 0 spiro atoms. The summed E-state index contributed by atoms with van der Waals surface area (Å²) >= 11 is 0. The molecule has 0 radical (unpaired) electrons. The van der Waals surface area contributed by atoms with Crippen molar-refractivity contribution in [2.45, 2.75) is 30.7 Å². The highest BCUT2D eigenvalue weighted by atomic mass is 32.2. The summed E-state index contributed by atoms with van der Waals surface area (Å²) in [6, 6.07) is 0.963. The van der Waals surface area contributed by atoms with Gasteiger partial charge in [-0.05, 0) is 25.5 Å². The van der Waals surface area contributed by atoms with E-state index in [1.165, 1.54) is 6.92 Å². The summed E-state index contributed by atoms with van der Waals surface area (Å²) in [6.45, 7) is 2.48. The molecule has 2 N–H and O–H groups in total. The molecule has 0 aliphatic carbocycles. The molecule has 112 valence electrons. The van der Waals surface area contributed by atoms with Crippen molar-refractivity contribution in [3.8, 4) is 0 Å². The molecule has 1 aromatic carbocycles. The number of nitrogens with one attached hydrogen (secondary N) is 1. The molecule has 20 heavy (non-hydrogen) atoms. The fourth-order valence-corrected chi connectivity index (χ4v) is 2.84. The zero-order chi connectivity index (χ0) is 15.7. The molecule has 0 aromatic heterocycles. The second-order valence-corrected chi connectivity index (χ2v) is 5.92. The Morgan fingerprint density at radius 2 is 1.85 bits per heavy atom. The summed E-state index contributed by atoms with van der Waals surface area (Å²) in [5, 5.41) is 8.96. The number of sulfonamides is 1. The molecule has 0 amide bonds. The summed E-state index contributed by atoms with van der Waals surface area (Å²) in [6.07, 6.45) is -0.132. The van der Waals surface area contributed by atoms with E-state index in [0.29, 0.717) is 12.1 Å². The van der Waals surface area contributed by atoms with Crippen molar-refractivity contribution in [1.29, 1.82) is 0 Å². The van der Waals surface area contributed by atoms with Gasteiger partial charge in [-0.3, -0.25) is 4.79 Å². The average Bonchev–Trinajstić information content (AvgIpc) is 2.34. The van der Waals surface area contributed by atoms with Gasteiger partial charge in [0.2, 0.25) is 10.0 Å². The second-order valence-electron chi connectivity index (χ2n) is 4.27. The minimum atomic E-state index is -4.66. The Balaban J connectivity index is 3.32. The van der Waals surface area contributed by atoms with Crippen molar-refractivity contribution in [3.63, 3.8) is 0 Å². The third-order valence-electron chi connectivity index (χ3n) is 2.83. The van der Waals surface area contributed by atoms with Crippen molar-refractivity contribution in [2.75, 3.05) is 0 Å². The summed E-state index contributed by atoms with van der Waals surface area (Å²) in [5.41, 5.74) is -1.89. The third-order valence-corrected chi connectivity index (χ3v) is 4.44. The van der Waals surface area contributed by atoms with E-state index in [9.17, 15) is 26.4 Å². The normalized spacial score (nSPS) is 14.8. The number of carboxylic acid groups (broad SMARTS) is 1. The van der Waals surface area contributed by atoms with Gasteiger partial charge in [-0.2, -0.15) is 4.72 Å². The van der Waals surface area contributed by atoms with E-state index >= 15 is 0 Å². The number of halogens is 3. The fourth-order valence-electron chi connectivity index (χ4n) is 1.33. The molecule has 0 saturated heterocycles. The Kier molecular flexibility index (Phi) is 4.45. The molecule has 0 bridgehead atoms. The maximum atomic E-state index is 13.5. The van der Waals surface area contributed by atoms with Gasteiger partial charge in [-0.15, -0.1) is 0 Å². The highest BCUT2D eigenvalue weighted by Crippen LogP contribution is 2.22. The Bertz CT molecular complexity index is 647. The van der Waals surface area contributed by atoms with Crippen LogP contribution in [-0.2, 0) is 14.8 Å². The summed E-state index contributed by atoms with van der Waals surface area (Å²) in [4.78, 5) is 9.86. The highest BCUT2D eigenvalue weighted by Gasteiger charge is 2.37. The van der Waals surface area contributed by atoms with Crippen LogP contribution in [-0.4, -0.2) is 25.0 Å². The van der Waals surface area contributed by atoms with E-state index in [2.05, 4.69) is 0 Å². The standard InChI is InChI=1S/C11H12F3NO4S/c1-3-11(2,10(16)17)15-20(18,19)7-5-4-6(12)8(13)9(7)14/h4-5,15H,3H2,1-2H3,(H,16,17). The lowest BCUT2D eigenvalue weighted by atomic mass is 10.0. The second kappa shape index (κ2) is 5.41. The van der Waals surface area contributed by atoms with Crippen LogP contribution in [0, 0.1) is 17.5 Å². The van der Waals surface area contributed by atoms with Crippen molar-refractivity contribution in [3.05, 3.63) is 29.6 Å². The zero-order valence-electron chi connectivity index (χ0n) is 10.6. The van der Waals surface area contributed by atoms with Gasteiger partial charge in [0.05, 0.1) is 0 Å². The first kappa shape index (κ1) is 16.4. The molecule has 1 rings (SSSR count).